The minimum atomic E-state index is -2.23. The highest BCUT2D eigenvalue weighted by molar-refractivity contribution is 4.53. The Labute approximate surface area is 78.5 Å². The van der Waals surface area contributed by atoms with Gasteiger partial charge in [0.15, 0.2) is 0 Å². The number of aliphatic hydroxyl groups excluding tert-OH is 1. The van der Waals surface area contributed by atoms with Gasteiger partial charge in [0.05, 0.1) is 6.54 Å². The highest BCUT2D eigenvalue weighted by Crippen LogP contribution is 2.02. The molecule has 0 bridgehead atoms. The Hall–Kier alpha value is -0.220. The van der Waals surface area contributed by atoms with Gasteiger partial charge in [0.2, 0.25) is 0 Å². The fraction of sp³-hybridized carbons (Fsp3) is 1.00. The summed E-state index contributed by atoms with van der Waals surface area (Å²) in [7, 11) is 1.71. The summed E-state index contributed by atoms with van der Waals surface area (Å²) in [4.78, 5) is 1.64. The molecule has 0 amide bonds. The molecule has 1 N–H and O–H groups in total. The van der Waals surface area contributed by atoms with Crippen LogP contribution in [0.25, 0.3) is 0 Å². The zero-order chi connectivity index (χ0) is 10.1. The second-order valence-corrected chi connectivity index (χ2v) is 3.29. The van der Waals surface area contributed by atoms with Crippen LogP contribution < -0.4 is 0 Å². The third kappa shape index (κ3) is 9.70. The van der Waals surface area contributed by atoms with Crippen molar-refractivity contribution in [2.75, 3.05) is 26.7 Å². The molecule has 0 unspecified atom stereocenters. The third-order valence-corrected chi connectivity index (χ3v) is 1.90. The van der Waals surface area contributed by atoms with Gasteiger partial charge in [-0.05, 0) is 26.4 Å². The molecule has 0 rings (SSSR count). The van der Waals surface area contributed by atoms with Crippen molar-refractivity contribution in [1.82, 2.24) is 4.90 Å². The fourth-order valence-electron chi connectivity index (χ4n) is 1.17. The van der Waals surface area contributed by atoms with Gasteiger partial charge >= 0.3 is 0 Å². The Morgan fingerprint density at radius 1 is 1.15 bits per heavy atom. The predicted molar refractivity (Wildman–Crippen MR) is 49.1 cm³/mol. The van der Waals surface area contributed by atoms with Crippen LogP contribution in [0.2, 0.25) is 0 Å². The molecule has 0 spiro atoms. The van der Waals surface area contributed by atoms with E-state index in [1.54, 1.807) is 11.9 Å². The molecule has 2 nitrogen and oxygen atoms in total. The van der Waals surface area contributed by atoms with Crippen LogP contribution in [0, 0.1) is 0 Å². The molecule has 0 aliphatic carbocycles. The zero-order valence-electron chi connectivity index (χ0n) is 8.18. The molecule has 13 heavy (non-hydrogen) atoms. The number of hydrogen-bond donors (Lipinski definition) is 1. The largest absolute Gasteiger partial charge is 0.396 e. The van der Waals surface area contributed by atoms with E-state index in [1.807, 2.05) is 0 Å². The molecule has 4 heteroatoms. The molecule has 0 fully saturated rings. The van der Waals surface area contributed by atoms with Crippen LogP contribution in [0.15, 0.2) is 0 Å². The number of halogens is 2. The van der Waals surface area contributed by atoms with Gasteiger partial charge in [-0.1, -0.05) is 12.8 Å². The van der Waals surface area contributed by atoms with E-state index in [4.69, 9.17) is 5.11 Å². The summed E-state index contributed by atoms with van der Waals surface area (Å²) in [5.41, 5.74) is 0. The Kier molecular flexibility index (Phi) is 8.24. The lowest BCUT2D eigenvalue weighted by molar-refractivity contribution is 0.0995. The highest BCUT2D eigenvalue weighted by atomic mass is 19.3. The van der Waals surface area contributed by atoms with Crippen molar-refractivity contribution in [3.63, 3.8) is 0 Å². The van der Waals surface area contributed by atoms with Crippen LogP contribution in [-0.4, -0.2) is 43.2 Å². The fourth-order valence-corrected chi connectivity index (χ4v) is 1.17. The van der Waals surface area contributed by atoms with Crippen molar-refractivity contribution in [2.24, 2.45) is 0 Å². The van der Waals surface area contributed by atoms with Gasteiger partial charge in [0.1, 0.15) is 0 Å². The number of rotatable bonds is 8. The second kappa shape index (κ2) is 8.38. The molecule has 0 saturated heterocycles. The summed E-state index contributed by atoms with van der Waals surface area (Å²) in [5, 5.41) is 8.48. The summed E-state index contributed by atoms with van der Waals surface area (Å²) in [6.45, 7) is 0.808. The molecule has 0 aromatic heterocycles. The molecule has 0 heterocycles. The Bertz CT molecular complexity index is 112. The third-order valence-electron chi connectivity index (χ3n) is 1.90. The van der Waals surface area contributed by atoms with Gasteiger partial charge < -0.3 is 10.0 Å². The Balaban J connectivity index is 3.12. The van der Waals surface area contributed by atoms with Gasteiger partial charge in [0.25, 0.3) is 6.43 Å². The molecule has 0 aliphatic heterocycles. The number of alkyl halides is 2. The maximum atomic E-state index is 11.8. The average Bonchev–Trinajstić information content (AvgIpc) is 2.02. The van der Waals surface area contributed by atoms with Crippen LogP contribution in [0.4, 0.5) is 8.78 Å². The summed E-state index contributed by atoms with van der Waals surface area (Å²) < 4.78 is 23.7. The first-order valence-corrected chi connectivity index (χ1v) is 4.74. The van der Waals surface area contributed by atoms with Crippen molar-refractivity contribution in [3.8, 4) is 0 Å². The molecular formula is C9H19F2NO. The van der Waals surface area contributed by atoms with Crippen molar-refractivity contribution in [3.05, 3.63) is 0 Å². The van der Waals surface area contributed by atoms with Crippen LogP contribution >= 0.6 is 0 Å². The number of unbranched alkanes of at least 4 members (excludes halogenated alkanes) is 3. The Morgan fingerprint density at radius 3 is 2.31 bits per heavy atom. The zero-order valence-corrected chi connectivity index (χ0v) is 8.18. The van der Waals surface area contributed by atoms with Gasteiger partial charge in [-0.3, -0.25) is 0 Å². The topological polar surface area (TPSA) is 23.5 Å². The minimum Gasteiger partial charge on any atom is -0.396 e. The molecule has 0 aliphatic rings. The lowest BCUT2D eigenvalue weighted by atomic mass is 10.2. The standard InChI is InChI=1S/C9H19F2NO/c1-12(8-9(10)11)6-4-2-3-5-7-13/h9,13H,2-8H2,1H3. The average molecular weight is 195 g/mol. The monoisotopic (exact) mass is 195 g/mol. The van der Waals surface area contributed by atoms with E-state index in [9.17, 15) is 8.78 Å². The second-order valence-electron chi connectivity index (χ2n) is 3.29. The lowest BCUT2D eigenvalue weighted by Crippen LogP contribution is -2.25. The summed E-state index contributed by atoms with van der Waals surface area (Å²) >= 11 is 0. The molecule has 0 atom stereocenters. The maximum Gasteiger partial charge on any atom is 0.251 e. The van der Waals surface area contributed by atoms with Crippen LogP contribution in [0.1, 0.15) is 25.7 Å². The highest BCUT2D eigenvalue weighted by Gasteiger charge is 2.06. The van der Waals surface area contributed by atoms with Crippen molar-refractivity contribution < 1.29 is 13.9 Å². The summed E-state index contributed by atoms with van der Waals surface area (Å²) in [6.07, 6.45) is 1.51. The number of hydrogen-bond acceptors (Lipinski definition) is 2. The smallest absolute Gasteiger partial charge is 0.251 e. The van der Waals surface area contributed by atoms with E-state index in [1.165, 1.54) is 0 Å². The molecule has 80 valence electrons. The lowest BCUT2D eigenvalue weighted by Gasteiger charge is -2.15. The molecule has 0 aromatic carbocycles. The molecule has 0 radical (unpaired) electrons. The van der Waals surface area contributed by atoms with E-state index in [2.05, 4.69) is 0 Å². The Morgan fingerprint density at radius 2 is 1.77 bits per heavy atom. The van der Waals surface area contributed by atoms with Crippen LogP contribution in [0.5, 0.6) is 0 Å². The first-order chi connectivity index (χ1) is 6.16. The molecular weight excluding hydrogens is 176 g/mol. The first-order valence-electron chi connectivity index (χ1n) is 4.74. The number of nitrogens with zero attached hydrogens (tertiary/aromatic N) is 1. The van der Waals surface area contributed by atoms with E-state index in [0.29, 0.717) is 0 Å². The van der Waals surface area contributed by atoms with Gasteiger partial charge in [0, 0.05) is 6.61 Å². The van der Waals surface area contributed by atoms with Gasteiger partial charge in [-0.25, -0.2) is 8.78 Å². The van der Waals surface area contributed by atoms with Gasteiger partial charge in [-0.15, -0.1) is 0 Å². The van der Waals surface area contributed by atoms with Crippen LogP contribution in [0.3, 0.4) is 0 Å². The molecule has 0 saturated carbocycles. The van der Waals surface area contributed by atoms with E-state index < -0.39 is 6.43 Å². The first kappa shape index (κ1) is 12.8. The summed E-state index contributed by atoms with van der Waals surface area (Å²) in [5.74, 6) is 0. The maximum absolute atomic E-state index is 11.8. The molecule has 0 aromatic rings. The van der Waals surface area contributed by atoms with Crippen molar-refractivity contribution >= 4 is 0 Å². The number of aliphatic hydroxyl groups is 1. The summed E-state index contributed by atoms with van der Waals surface area (Å²) in [6, 6.07) is 0. The van der Waals surface area contributed by atoms with Gasteiger partial charge in [-0.2, -0.15) is 0 Å². The van der Waals surface area contributed by atoms with E-state index in [-0.39, 0.29) is 13.2 Å². The van der Waals surface area contributed by atoms with Crippen LogP contribution in [-0.2, 0) is 0 Å². The van der Waals surface area contributed by atoms with E-state index in [0.717, 1.165) is 32.2 Å². The quantitative estimate of drug-likeness (QED) is 0.596. The normalized spacial score (nSPS) is 11.5. The SMILES string of the molecule is CN(CCCCCCO)CC(F)F. The van der Waals surface area contributed by atoms with Crippen molar-refractivity contribution in [1.29, 1.82) is 0 Å². The predicted octanol–water partition coefficient (Wildman–Crippen LogP) is 1.74. The minimum absolute atomic E-state index is 0.139. The van der Waals surface area contributed by atoms with Crippen molar-refractivity contribution in [2.45, 2.75) is 32.1 Å². The van der Waals surface area contributed by atoms with E-state index >= 15 is 0 Å².